The second-order valence-corrected chi connectivity index (χ2v) is 6.55. The van der Waals surface area contributed by atoms with Crippen molar-refractivity contribution in [1.82, 2.24) is 15.1 Å². The van der Waals surface area contributed by atoms with Gasteiger partial charge in [-0.2, -0.15) is 4.68 Å². The van der Waals surface area contributed by atoms with Gasteiger partial charge in [-0.05, 0) is 17.9 Å². The van der Waals surface area contributed by atoms with E-state index in [0.717, 1.165) is 10.1 Å². The van der Waals surface area contributed by atoms with Crippen LogP contribution in [-0.2, 0) is 6.54 Å². The van der Waals surface area contributed by atoms with Gasteiger partial charge < -0.3 is 15.4 Å². The molecule has 24 heavy (non-hydrogen) atoms. The van der Waals surface area contributed by atoms with Crippen LogP contribution in [0.1, 0.15) is 15.4 Å². The minimum atomic E-state index is -0.543. The highest BCUT2D eigenvalue weighted by Gasteiger charge is 2.18. The molecule has 3 rings (SSSR count). The number of fused-ring (bicyclic) bond motifs is 1. The van der Waals surface area contributed by atoms with Crippen molar-refractivity contribution in [2.45, 2.75) is 13.5 Å². The zero-order valence-corrected chi connectivity index (χ0v) is 14.2. The lowest BCUT2D eigenvalue weighted by molar-refractivity contribution is -0.389. The molecule has 2 aromatic heterocycles. The Morgan fingerprint density at radius 2 is 2.21 bits per heavy atom. The molecule has 0 saturated carbocycles. The molecule has 1 amide bonds. The number of benzene rings is 1. The number of thiophene rings is 1. The molecule has 124 valence electrons. The monoisotopic (exact) mass is 364 g/mol. The first-order chi connectivity index (χ1) is 11.5. The summed E-state index contributed by atoms with van der Waals surface area (Å²) in [6, 6.07) is 8.94. The summed E-state index contributed by atoms with van der Waals surface area (Å²) in [6.07, 6.45) is 0. The number of nitro groups is 1. The van der Waals surface area contributed by atoms with E-state index in [2.05, 4.69) is 10.4 Å². The lowest BCUT2D eigenvalue weighted by Crippen LogP contribution is -2.27. The molecule has 0 aliphatic carbocycles. The average Bonchev–Trinajstić information content (AvgIpc) is 3.09. The third-order valence-corrected chi connectivity index (χ3v) is 5.18. The van der Waals surface area contributed by atoms with Crippen molar-refractivity contribution in [3.63, 3.8) is 0 Å². The molecule has 3 aromatic rings. The number of carbonyl (C=O) groups is 1. The van der Waals surface area contributed by atoms with E-state index in [1.807, 2.05) is 24.3 Å². The topological polar surface area (TPSA) is 90.1 Å². The number of carbonyl (C=O) groups excluding carboxylic acids is 1. The van der Waals surface area contributed by atoms with Crippen LogP contribution in [-0.4, -0.2) is 27.2 Å². The first kappa shape index (κ1) is 16.4. The van der Waals surface area contributed by atoms with Gasteiger partial charge in [0.2, 0.25) is 0 Å². The lowest BCUT2D eigenvalue weighted by Gasteiger charge is -2.03. The number of nitrogens with one attached hydrogen (secondary N) is 1. The molecular formula is C15H13ClN4O3S. The summed E-state index contributed by atoms with van der Waals surface area (Å²) in [5, 5.41) is 18.6. The van der Waals surface area contributed by atoms with Crippen LogP contribution >= 0.6 is 22.9 Å². The molecule has 0 aliphatic heterocycles. The van der Waals surface area contributed by atoms with Crippen LogP contribution in [0.5, 0.6) is 0 Å². The Bertz CT molecular complexity index is 934. The molecule has 7 nitrogen and oxygen atoms in total. The molecule has 0 bridgehead atoms. The number of amides is 1. The van der Waals surface area contributed by atoms with E-state index in [9.17, 15) is 14.9 Å². The molecule has 1 N–H and O–H groups in total. The third kappa shape index (κ3) is 3.10. The Balaban J connectivity index is 1.67. The largest absolute Gasteiger partial charge is 0.390 e. The SMILES string of the molecule is Cc1cc([N+](=O)[O-])nn1CCNC(=O)c1sc2ccccc2c1Cl. The summed E-state index contributed by atoms with van der Waals surface area (Å²) in [7, 11) is 0. The van der Waals surface area contributed by atoms with E-state index >= 15 is 0 Å². The molecule has 0 aliphatic rings. The molecule has 0 spiro atoms. The van der Waals surface area contributed by atoms with Crippen molar-refractivity contribution < 1.29 is 9.72 Å². The highest BCUT2D eigenvalue weighted by atomic mass is 35.5. The number of hydrogen-bond acceptors (Lipinski definition) is 5. The van der Waals surface area contributed by atoms with E-state index < -0.39 is 4.92 Å². The van der Waals surface area contributed by atoms with Crippen molar-refractivity contribution >= 4 is 44.7 Å². The minimum absolute atomic E-state index is 0.202. The van der Waals surface area contributed by atoms with Gasteiger partial charge in [0.1, 0.15) is 4.88 Å². The zero-order chi connectivity index (χ0) is 17.3. The van der Waals surface area contributed by atoms with Gasteiger partial charge in [-0.1, -0.05) is 29.8 Å². The van der Waals surface area contributed by atoms with Crippen LogP contribution in [0.25, 0.3) is 10.1 Å². The Morgan fingerprint density at radius 1 is 1.46 bits per heavy atom. The maximum atomic E-state index is 12.3. The van der Waals surface area contributed by atoms with E-state index in [4.69, 9.17) is 11.6 Å². The standard InChI is InChI=1S/C15H13ClN4O3S/c1-9-8-12(20(22)23)18-19(9)7-6-17-15(21)14-13(16)10-4-2-3-5-11(10)24-14/h2-5,8H,6-7H2,1H3,(H,17,21). The van der Waals surface area contributed by atoms with Crippen molar-refractivity contribution in [2.75, 3.05) is 6.54 Å². The predicted octanol–water partition coefficient (Wildman–Crippen LogP) is 3.40. The molecular weight excluding hydrogens is 352 g/mol. The molecule has 0 atom stereocenters. The summed E-state index contributed by atoms with van der Waals surface area (Å²) in [5.74, 6) is -0.466. The lowest BCUT2D eigenvalue weighted by atomic mass is 10.2. The summed E-state index contributed by atoms with van der Waals surface area (Å²) < 4.78 is 2.44. The number of aromatic nitrogens is 2. The number of nitrogens with zero attached hydrogens (tertiary/aromatic N) is 3. The van der Waals surface area contributed by atoms with Crippen molar-refractivity contribution in [3.8, 4) is 0 Å². The normalized spacial score (nSPS) is 10.9. The van der Waals surface area contributed by atoms with Gasteiger partial charge in [0, 0.05) is 16.6 Å². The highest BCUT2D eigenvalue weighted by Crippen LogP contribution is 2.34. The number of rotatable bonds is 5. The van der Waals surface area contributed by atoms with E-state index in [0.29, 0.717) is 28.7 Å². The maximum absolute atomic E-state index is 12.3. The van der Waals surface area contributed by atoms with Gasteiger partial charge in [-0.15, -0.1) is 11.3 Å². The number of hydrogen-bond donors (Lipinski definition) is 1. The van der Waals surface area contributed by atoms with Gasteiger partial charge in [-0.25, -0.2) is 0 Å². The Labute approximate surface area is 146 Å². The van der Waals surface area contributed by atoms with Gasteiger partial charge in [0.05, 0.1) is 28.4 Å². The van der Waals surface area contributed by atoms with Gasteiger partial charge in [0.15, 0.2) is 0 Å². The van der Waals surface area contributed by atoms with Crippen LogP contribution in [0.4, 0.5) is 5.82 Å². The fraction of sp³-hybridized carbons (Fsp3) is 0.200. The summed E-state index contributed by atoms with van der Waals surface area (Å²) >= 11 is 7.60. The Kier molecular flexibility index (Phi) is 4.50. The zero-order valence-electron chi connectivity index (χ0n) is 12.7. The predicted molar refractivity (Wildman–Crippen MR) is 92.8 cm³/mol. The second-order valence-electron chi connectivity index (χ2n) is 5.12. The molecule has 0 radical (unpaired) electrons. The average molecular weight is 365 g/mol. The highest BCUT2D eigenvalue weighted by molar-refractivity contribution is 7.21. The van der Waals surface area contributed by atoms with Gasteiger partial charge in [-0.3, -0.25) is 4.79 Å². The van der Waals surface area contributed by atoms with Crippen LogP contribution in [0.3, 0.4) is 0 Å². The second kappa shape index (κ2) is 6.58. The van der Waals surface area contributed by atoms with Crippen molar-refractivity contribution in [3.05, 3.63) is 56.0 Å². The third-order valence-electron chi connectivity index (χ3n) is 3.51. The molecule has 1 aromatic carbocycles. The fourth-order valence-electron chi connectivity index (χ4n) is 2.32. The fourth-order valence-corrected chi connectivity index (χ4v) is 3.76. The number of aryl methyl sites for hydroxylation is 1. The quantitative estimate of drug-likeness (QED) is 0.555. The molecule has 0 unspecified atom stereocenters. The Morgan fingerprint density at radius 3 is 2.88 bits per heavy atom. The van der Waals surface area contributed by atoms with E-state index in [1.54, 1.807) is 6.92 Å². The maximum Gasteiger partial charge on any atom is 0.390 e. The first-order valence-corrected chi connectivity index (χ1v) is 8.31. The van der Waals surface area contributed by atoms with Crippen LogP contribution in [0.15, 0.2) is 30.3 Å². The van der Waals surface area contributed by atoms with Crippen LogP contribution < -0.4 is 5.32 Å². The minimum Gasteiger partial charge on any atom is -0.358 e. The molecule has 0 saturated heterocycles. The Hall–Kier alpha value is -2.45. The summed E-state index contributed by atoms with van der Waals surface area (Å²) in [6.45, 7) is 2.36. The molecule has 9 heteroatoms. The molecule has 0 fully saturated rings. The first-order valence-electron chi connectivity index (χ1n) is 7.11. The van der Waals surface area contributed by atoms with Gasteiger partial charge in [0.25, 0.3) is 5.91 Å². The van der Waals surface area contributed by atoms with Crippen molar-refractivity contribution in [1.29, 1.82) is 0 Å². The molecule has 2 heterocycles. The smallest absolute Gasteiger partial charge is 0.358 e. The summed E-state index contributed by atoms with van der Waals surface area (Å²) in [5.41, 5.74) is 0.663. The van der Waals surface area contributed by atoms with E-state index in [-0.39, 0.29) is 11.7 Å². The number of halogens is 1. The van der Waals surface area contributed by atoms with Crippen molar-refractivity contribution in [2.24, 2.45) is 0 Å². The van der Waals surface area contributed by atoms with Gasteiger partial charge >= 0.3 is 5.82 Å². The van der Waals surface area contributed by atoms with Crippen LogP contribution in [0, 0.1) is 17.0 Å². The summed E-state index contributed by atoms with van der Waals surface area (Å²) in [4.78, 5) is 22.9. The van der Waals surface area contributed by atoms with E-state index in [1.165, 1.54) is 22.1 Å². The van der Waals surface area contributed by atoms with Crippen LogP contribution in [0.2, 0.25) is 5.02 Å².